The van der Waals surface area contributed by atoms with Gasteiger partial charge in [-0.15, -0.1) is 0 Å². The van der Waals surface area contributed by atoms with Crippen molar-refractivity contribution in [1.29, 1.82) is 0 Å². The first-order valence-electron chi connectivity index (χ1n) is 7.43. The van der Waals surface area contributed by atoms with Crippen LogP contribution in [0.4, 0.5) is 0 Å². The lowest BCUT2D eigenvalue weighted by Gasteiger charge is -2.19. The van der Waals surface area contributed by atoms with Crippen LogP contribution in [0.25, 0.3) is 0 Å². The van der Waals surface area contributed by atoms with E-state index in [4.69, 9.17) is 9.84 Å². The molecule has 0 radical (unpaired) electrons. The van der Waals surface area contributed by atoms with Gasteiger partial charge < -0.3 is 15.2 Å². The van der Waals surface area contributed by atoms with Gasteiger partial charge in [0.1, 0.15) is 0 Å². The predicted octanol–water partition coefficient (Wildman–Crippen LogP) is 3.24. The molecule has 0 aliphatic rings. The average molecular weight is 378 g/mol. The number of carbonyl (C=O) groups excluding carboxylic acids is 1. The Hall–Kier alpha value is -1.69. The standard InChI is InChI=1S/C18H20BrNO3/c1-13-2-4-14(5-3-13)17(23-11-10-21)12-20-18(22)15-6-8-16(19)9-7-15/h2-9,17,21H,10-12H2,1H3,(H,20,22). The Labute approximate surface area is 144 Å². The highest BCUT2D eigenvalue weighted by molar-refractivity contribution is 9.10. The van der Waals surface area contributed by atoms with Crippen molar-refractivity contribution in [2.45, 2.75) is 13.0 Å². The molecule has 1 unspecified atom stereocenters. The van der Waals surface area contributed by atoms with Gasteiger partial charge in [-0.25, -0.2) is 0 Å². The van der Waals surface area contributed by atoms with Gasteiger partial charge >= 0.3 is 0 Å². The van der Waals surface area contributed by atoms with Crippen LogP contribution in [0.2, 0.25) is 0 Å². The summed E-state index contributed by atoms with van der Waals surface area (Å²) in [6, 6.07) is 15.1. The zero-order valence-electron chi connectivity index (χ0n) is 13.0. The van der Waals surface area contributed by atoms with E-state index in [0.29, 0.717) is 12.1 Å². The minimum atomic E-state index is -0.290. The number of hydrogen-bond acceptors (Lipinski definition) is 3. The maximum Gasteiger partial charge on any atom is 0.251 e. The van der Waals surface area contributed by atoms with E-state index < -0.39 is 0 Å². The normalized spacial score (nSPS) is 12.0. The summed E-state index contributed by atoms with van der Waals surface area (Å²) in [5, 5.41) is 11.9. The summed E-state index contributed by atoms with van der Waals surface area (Å²) in [5.41, 5.74) is 2.73. The Balaban J connectivity index is 2.01. The minimum absolute atomic E-state index is 0.0526. The first-order chi connectivity index (χ1) is 11.1. The molecule has 0 bridgehead atoms. The number of benzene rings is 2. The molecule has 0 fully saturated rings. The number of aliphatic hydroxyl groups is 1. The zero-order valence-corrected chi connectivity index (χ0v) is 14.5. The number of halogens is 1. The summed E-state index contributed by atoms with van der Waals surface area (Å²) in [4.78, 5) is 12.2. The number of aryl methyl sites for hydroxylation is 1. The van der Waals surface area contributed by atoms with Gasteiger partial charge in [0.2, 0.25) is 0 Å². The Morgan fingerprint density at radius 3 is 2.43 bits per heavy atom. The van der Waals surface area contributed by atoms with E-state index in [0.717, 1.165) is 15.6 Å². The summed E-state index contributed by atoms with van der Waals surface area (Å²) in [6.45, 7) is 2.54. The number of rotatable bonds is 7. The summed E-state index contributed by atoms with van der Waals surface area (Å²) in [7, 11) is 0. The van der Waals surface area contributed by atoms with Gasteiger partial charge in [-0.2, -0.15) is 0 Å². The molecular formula is C18H20BrNO3. The van der Waals surface area contributed by atoms with Crippen molar-refractivity contribution in [2.75, 3.05) is 19.8 Å². The van der Waals surface area contributed by atoms with E-state index in [1.54, 1.807) is 12.1 Å². The molecule has 5 heteroatoms. The molecule has 4 nitrogen and oxygen atoms in total. The topological polar surface area (TPSA) is 58.6 Å². The summed E-state index contributed by atoms with van der Waals surface area (Å²) < 4.78 is 6.58. The number of ether oxygens (including phenoxy) is 1. The molecule has 2 N–H and O–H groups in total. The van der Waals surface area contributed by atoms with Gasteiger partial charge in [-0.1, -0.05) is 45.8 Å². The van der Waals surface area contributed by atoms with Crippen molar-refractivity contribution in [3.8, 4) is 0 Å². The van der Waals surface area contributed by atoms with Crippen molar-refractivity contribution in [3.63, 3.8) is 0 Å². The van der Waals surface area contributed by atoms with Crippen molar-refractivity contribution in [2.24, 2.45) is 0 Å². The second-order valence-electron chi connectivity index (χ2n) is 5.21. The zero-order chi connectivity index (χ0) is 16.7. The van der Waals surface area contributed by atoms with Crippen LogP contribution < -0.4 is 5.32 Å². The van der Waals surface area contributed by atoms with E-state index >= 15 is 0 Å². The Bertz CT molecular complexity index is 626. The van der Waals surface area contributed by atoms with Crippen LogP contribution in [-0.2, 0) is 4.74 Å². The van der Waals surface area contributed by atoms with Gasteiger partial charge in [0.05, 0.1) is 19.3 Å². The molecule has 1 amide bonds. The molecule has 122 valence electrons. The summed E-state index contributed by atoms with van der Waals surface area (Å²) in [5.74, 6) is -0.151. The van der Waals surface area contributed by atoms with Crippen LogP contribution in [0.3, 0.4) is 0 Å². The molecule has 0 spiro atoms. The van der Waals surface area contributed by atoms with E-state index in [1.165, 1.54) is 0 Å². The lowest BCUT2D eigenvalue weighted by Crippen LogP contribution is -2.30. The van der Waals surface area contributed by atoms with Crippen LogP contribution in [0.1, 0.15) is 27.6 Å². The summed E-state index contributed by atoms with van der Waals surface area (Å²) >= 11 is 3.35. The second-order valence-corrected chi connectivity index (χ2v) is 6.13. The van der Waals surface area contributed by atoms with Crippen molar-refractivity contribution < 1.29 is 14.6 Å². The first-order valence-corrected chi connectivity index (χ1v) is 8.22. The molecule has 2 rings (SSSR count). The van der Waals surface area contributed by atoms with E-state index in [-0.39, 0.29) is 25.2 Å². The van der Waals surface area contributed by atoms with Crippen LogP contribution >= 0.6 is 15.9 Å². The fraction of sp³-hybridized carbons (Fsp3) is 0.278. The molecule has 2 aromatic carbocycles. The number of carbonyl (C=O) groups is 1. The first kappa shape index (κ1) is 17.7. The predicted molar refractivity (Wildman–Crippen MR) is 93.4 cm³/mol. The average Bonchev–Trinajstić information content (AvgIpc) is 2.56. The largest absolute Gasteiger partial charge is 0.394 e. The molecule has 0 heterocycles. The molecule has 0 saturated heterocycles. The molecular weight excluding hydrogens is 358 g/mol. The molecule has 0 aliphatic heterocycles. The number of aliphatic hydroxyl groups excluding tert-OH is 1. The third-order valence-electron chi connectivity index (χ3n) is 3.41. The third-order valence-corrected chi connectivity index (χ3v) is 3.94. The number of amides is 1. The van der Waals surface area contributed by atoms with Gasteiger partial charge in [-0.3, -0.25) is 4.79 Å². The Morgan fingerprint density at radius 2 is 1.83 bits per heavy atom. The van der Waals surface area contributed by atoms with Crippen molar-refractivity contribution in [1.82, 2.24) is 5.32 Å². The van der Waals surface area contributed by atoms with Crippen LogP contribution in [0, 0.1) is 6.92 Å². The summed E-state index contributed by atoms with van der Waals surface area (Å²) in [6.07, 6.45) is -0.290. The van der Waals surface area contributed by atoms with Gasteiger partial charge in [-0.05, 0) is 36.8 Å². The highest BCUT2D eigenvalue weighted by Crippen LogP contribution is 2.18. The van der Waals surface area contributed by atoms with Crippen molar-refractivity contribution >= 4 is 21.8 Å². The van der Waals surface area contributed by atoms with Crippen LogP contribution in [0.5, 0.6) is 0 Å². The maximum absolute atomic E-state index is 12.2. The highest BCUT2D eigenvalue weighted by atomic mass is 79.9. The van der Waals surface area contributed by atoms with E-state index in [2.05, 4.69) is 21.2 Å². The highest BCUT2D eigenvalue weighted by Gasteiger charge is 2.14. The Kier molecular flexibility index (Phi) is 6.77. The lowest BCUT2D eigenvalue weighted by molar-refractivity contribution is 0.0277. The quantitative estimate of drug-likeness (QED) is 0.778. The molecule has 1 atom stereocenters. The minimum Gasteiger partial charge on any atom is -0.394 e. The van der Waals surface area contributed by atoms with E-state index in [1.807, 2.05) is 43.3 Å². The monoisotopic (exact) mass is 377 g/mol. The van der Waals surface area contributed by atoms with Gasteiger partial charge in [0, 0.05) is 16.6 Å². The molecule has 0 aliphatic carbocycles. The SMILES string of the molecule is Cc1ccc(C(CNC(=O)c2ccc(Br)cc2)OCCO)cc1. The van der Waals surface area contributed by atoms with Gasteiger partial charge in [0.25, 0.3) is 5.91 Å². The molecule has 0 saturated carbocycles. The fourth-order valence-electron chi connectivity index (χ4n) is 2.14. The van der Waals surface area contributed by atoms with E-state index in [9.17, 15) is 4.79 Å². The molecule has 2 aromatic rings. The lowest BCUT2D eigenvalue weighted by atomic mass is 10.1. The van der Waals surface area contributed by atoms with Gasteiger partial charge in [0.15, 0.2) is 0 Å². The number of hydrogen-bond donors (Lipinski definition) is 2. The second kappa shape index (κ2) is 8.82. The third kappa shape index (κ3) is 5.46. The molecule has 0 aromatic heterocycles. The number of nitrogens with one attached hydrogen (secondary N) is 1. The van der Waals surface area contributed by atoms with Crippen LogP contribution in [0.15, 0.2) is 53.0 Å². The maximum atomic E-state index is 12.2. The fourth-order valence-corrected chi connectivity index (χ4v) is 2.40. The Morgan fingerprint density at radius 1 is 1.17 bits per heavy atom. The molecule has 23 heavy (non-hydrogen) atoms. The van der Waals surface area contributed by atoms with Crippen molar-refractivity contribution in [3.05, 3.63) is 69.7 Å². The van der Waals surface area contributed by atoms with Crippen LogP contribution in [-0.4, -0.2) is 30.8 Å². The smallest absolute Gasteiger partial charge is 0.251 e.